The lowest BCUT2D eigenvalue weighted by molar-refractivity contribution is -0.120. The molecule has 0 bridgehead atoms. The Hall–Kier alpha value is -2.67. The van der Waals surface area contributed by atoms with E-state index < -0.39 is 5.97 Å². The first-order valence-electron chi connectivity index (χ1n) is 8.27. The summed E-state index contributed by atoms with van der Waals surface area (Å²) in [6.45, 7) is 3.94. The van der Waals surface area contributed by atoms with E-state index in [1.807, 2.05) is 13.8 Å². The maximum absolute atomic E-state index is 12.1. The summed E-state index contributed by atoms with van der Waals surface area (Å²) < 4.78 is 4.69. The minimum Gasteiger partial charge on any atom is -0.465 e. The number of esters is 1. The summed E-state index contributed by atoms with van der Waals surface area (Å²) in [5, 5.41) is 14.2. The Morgan fingerprint density at radius 3 is 2.35 bits per heavy atom. The molecular formula is C18H21ClN4O3. The predicted octanol–water partition coefficient (Wildman–Crippen LogP) is 4.03. The number of nitrogens with zero attached hydrogens (tertiary/aromatic N) is 2. The molecule has 1 aromatic carbocycles. The number of amides is 1. The van der Waals surface area contributed by atoms with Crippen LogP contribution in [0.15, 0.2) is 30.3 Å². The Balaban J connectivity index is 2.10. The molecule has 0 aliphatic heterocycles. The molecule has 0 aliphatic rings. The molecule has 0 fully saturated rings. The number of hydrogen-bond acceptors (Lipinski definition) is 6. The van der Waals surface area contributed by atoms with E-state index in [4.69, 9.17) is 16.3 Å². The minimum absolute atomic E-state index is 0.0468. The number of hydrogen-bond donors (Lipinski definition) is 2. The Bertz CT molecular complexity index is 777. The fourth-order valence-corrected chi connectivity index (χ4v) is 2.52. The number of rotatable bonds is 7. The van der Waals surface area contributed by atoms with Crippen molar-refractivity contribution < 1.29 is 14.3 Å². The molecule has 8 heteroatoms. The van der Waals surface area contributed by atoms with E-state index in [1.54, 1.807) is 30.3 Å². The zero-order valence-corrected chi connectivity index (χ0v) is 15.6. The molecule has 0 aliphatic carbocycles. The lowest BCUT2D eigenvalue weighted by Gasteiger charge is -2.12. The number of methoxy groups -OCH3 is 1. The Morgan fingerprint density at radius 1 is 1.12 bits per heavy atom. The lowest BCUT2D eigenvalue weighted by Crippen LogP contribution is -2.22. The first kappa shape index (κ1) is 19.7. The number of halogens is 1. The second kappa shape index (κ2) is 9.15. The molecule has 0 atom stereocenters. The molecule has 2 N–H and O–H groups in total. The van der Waals surface area contributed by atoms with E-state index in [0.29, 0.717) is 27.9 Å². The van der Waals surface area contributed by atoms with E-state index in [-0.39, 0.29) is 11.8 Å². The van der Waals surface area contributed by atoms with Crippen LogP contribution < -0.4 is 10.6 Å². The molecule has 138 valence electrons. The first-order chi connectivity index (χ1) is 12.5. The molecule has 0 radical (unpaired) electrons. The molecule has 0 spiro atoms. The van der Waals surface area contributed by atoms with Gasteiger partial charge in [-0.1, -0.05) is 25.4 Å². The van der Waals surface area contributed by atoms with Gasteiger partial charge in [0, 0.05) is 5.92 Å². The standard InChI is InChI=1S/C18H21ClN4O3/c1-4-11(5-2)17(24)21-16-9-8-15(22-23-16)20-14-10-12(18(25)26-3)6-7-13(14)19/h6-11H,4-5H2,1-3H3,(H,20,22)(H,21,23,24). The van der Waals surface area contributed by atoms with Gasteiger partial charge in [-0.25, -0.2) is 4.79 Å². The summed E-state index contributed by atoms with van der Waals surface area (Å²) >= 11 is 6.14. The van der Waals surface area contributed by atoms with Gasteiger partial charge in [0.15, 0.2) is 11.6 Å². The Kier molecular flexibility index (Phi) is 6.91. The van der Waals surface area contributed by atoms with Gasteiger partial charge in [0.25, 0.3) is 0 Å². The van der Waals surface area contributed by atoms with Crippen molar-refractivity contribution in [2.24, 2.45) is 5.92 Å². The highest BCUT2D eigenvalue weighted by Gasteiger charge is 2.15. The van der Waals surface area contributed by atoms with Gasteiger partial charge in [0.1, 0.15) is 0 Å². The van der Waals surface area contributed by atoms with Crippen molar-refractivity contribution >= 4 is 40.8 Å². The van der Waals surface area contributed by atoms with E-state index >= 15 is 0 Å². The summed E-state index contributed by atoms with van der Waals surface area (Å²) in [4.78, 5) is 23.7. The zero-order chi connectivity index (χ0) is 19.1. The van der Waals surface area contributed by atoms with Crippen LogP contribution in [-0.4, -0.2) is 29.2 Å². The van der Waals surface area contributed by atoms with Crippen LogP contribution in [0.2, 0.25) is 5.02 Å². The van der Waals surface area contributed by atoms with E-state index in [0.717, 1.165) is 12.8 Å². The topological polar surface area (TPSA) is 93.2 Å². The van der Waals surface area contributed by atoms with Gasteiger partial charge in [-0.05, 0) is 43.2 Å². The molecule has 0 saturated carbocycles. The van der Waals surface area contributed by atoms with Gasteiger partial charge in [-0.3, -0.25) is 4.79 Å². The molecule has 0 unspecified atom stereocenters. The third-order valence-corrected chi connectivity index (χ3v) is 4.25. The van der Waals surface area contributed by atoms with Crippen LogP contribution in [0, 0.1) is 5.92 Å². The monoisotopic (exact) mass is 376 g/mol. The van der Waals surface area contributed by atoms with Crippen molar-refractivity contribution in [3.8, 4) is 0 Å². The number of anilines is 3. The fourth-order valence-electron chi connectivity index (χ4n) is 2.36. The summed E-state index contributed by atoms with van der Waals surface area (Å²) in [6, 6.07) is 8.04. The quantitative estimate of drug-likeness (QED) is 0.708. The third kappa shape index (κ3) is 4.92. The molecule has 2 rings (SSSR count). The number of aromatic nitrogens is 2. The maximum atomic E-state index is 12.1. The molecule has 1 heterocycles. The van der Waals surface area contributed by atoms with Crippen LogP contribution in [0.5, 0.6) is 0 Å². The number of nitrogens with one attached hydrogen (secondary N) is 2. The van der Waals surface area contributed by atoms with Gasteiger partial charge < -0.3 is 15.4 Å². The van der Waals surface area contributed by atoms with Crippen molar-refractivity contribution in [2.45, 2.75) is 26.7 Å². The van der Waals surface area contributed by atoms with Gasteiger partial charge in [-0.2, -0.15) is 0 Å². The van der Waals surface area contributed by atoms with Crippen LogP contribution in [0.4, 0.5) is 17.3 Å². The van der Waals surface area contributed by atoms with Crippen molar-refractivity contribution in [1.29, 1.82) is 0 Å². The fraction of sp³-hybridized carbons (Fsp3) is 0.333. The molecule has 2 aromatic rings. The molecular weight excluding hydrogens is 356 g/mol. The van der Waals surface area contributed by atoms with Gasteiger partial charge >= 0.3 is 5.97 Å². The highest BCUT2D eigenvalue weighted by atomic mass is 35.5. The van der Waals surface area contributed by atoms with Crippen molar-refractivity contribution in [2.75, 3.05) is 17.7 Å². The van der Waals surface area contributed by atoms with E-state index in [2.05, 4.69) is 20.8 Å². The van der Waals surface area contributed by atoms with Crippen LogP contribution in [0.3, 0.4) is 0 Å². The van der Waals surface area contributed by atoms with E-state index in [9.17, 15) is 9.59 Å². The summed E-state index contributed by atoms with van der Waals surface area (Å²) in [6.07, 6.45) is 1.54. The Labute approximate surface area is 157 Å². The average Bonchev–Trinajstić information content (AvgIpc) is 2.65. The number of carbonyl (C=O) groups excluding carboxylic acids is 2. The second-order valence-corrected chi connectivity index (χ2v) is 6.02. The van der Waals surface area contributed by atoms with Crippen LogP contribution in [-0.2, 0) is 9.53 Å². The van der Waals surface area contributed by atoms with Crippen molar-refractivity contribution in [3.63, 3.8) is 0 Å². The van der Waals surface area contributed by atoms with Crippen molar-refractivity contribution in [3.05, 3.63) is 40.9 Å². The summed E-state index contributed by atoms with van der Waals surface area (Å²) in [7, 11) is 1.31. The molecule has 7 nitrogen and oxygen atoms in total. The normalized spacial score (nSPS) is 10.5. The molecule has 1 aromatic heterocycles. The maximum Gasteiger partial charge on any atom is 0.337 e. The summed E-state index contributed by atoms with van der Waals surface area (Å²) in [5.41, 5.74) is 0.860. The smallest absolute Gasteiger partial charge is 0.337 e. The SMILES string of the molecule is CCC(CC)C(=O)Nc1ccc(Nc2cc(C(=O)OC)ccc2Cl)nn1. The summed E-state index contributed by atoms with van der Waals surface area (Å²) in [5.74, 6) is 0.222. The van der Waals surface area contributed by atoms with Crippen LogP contribution in [0.25, 0.3) is 0 Å². The molecule has 26 heavy (non-hydrogen) atoms. The Morgan fingerprint density at radius 2 is 1.77 bits per heavy atom. The van der Waals surface area contributed by atoms with E-state index in [1.165, 1.54) is 7.11 Å². The zero-order valence-electron chi connectivity index (χ0n) is 14.9. The number of benzene rings is 1. The second-order valence-electron chi connectivity index (χ2n) is 5.62. The van der Waals surface area contributed by atoms with Crippen molar-refractivity contribution in [1.82, 2.24) is 10.2 Å². The highest BCUT2D eigenvalue weighted by molar-refractivity contribution is 6.33. The van der Waals surface area contributed by atoms with Gasteiger partial charge in [0.2, 0.25) is 5.91 Å². The largest absolute Gasteiger partial charge is 0.465 e. The van der Waals surface area contributed by atoms with Crippen LogP contribution >= 0.6 is 11.6 Å². The molecule has 0 saturated heterocycles. The van der Waals surface area contributed by atoms with Gasteiger partial charge in [-0.15, -0.1) is 10.2 Å². The van der Waals surface area contributed by atoms with Gasteiger partial charge in [0.05, 0.1) is 23.4 Å². The number of carbonyl (C=O) groups is 2. The highest BCUT2D eigenvalue weighted by Crippen LogP contribution is 2.26. The first-order valence-corrected chi connectivity index (χ1v) is 8.65. The minimum atomic E-state index is -0.463. The predicted molar refractivity (Wildman–Crippen MR) is 101 cm³/mol. The van der Waals surface area contributed by atoms with Crippen LogP contribution in [0.1, 0.15) is 37.0 Å². The average molecular weight is 377 g/mol. The lowest BCUT2D eigenvalue weighted by atomic mass is 10.0. The molecule has 1 amide bonds. The number of ether oxygens (including phenoxy) is 1. The third-order valence-electron chi connectivity index (χ3n) is 3.92.